The molecule has 1 atom stereocenters. The Morgan fingerprint density at radius 2 is 2.54 bits per heavy atom. The van der Waals surface area contributed by atoms with Crippen molar-refractivity contribution < 1.29 is 14.3 Å². The van der Waals surface area contributed by atoms with E-state index in [0.29, 0.717) is 13.0 Å². The monoisotopic (exact) mass is 183 g/mol. The first-order valence-electron chi connectivity index (χ1n) is 4.36. The first-order chi connectivity index (χ1) is 6.22. The molecule has 1 aliphatic heterocycles. The number of carbonyl (C=O) groups is 2. The zero-order valence-corrected chi connectivity index (χ0v) is 7.58. The topological polar surface area (TPSA) is 55.4 Å². The molecule has 1 rings (SSSR count). The summed E-state index contributed by atoms with van der Waals surface area (Å²) in [7, 11) is 0. The molecule has 0 spiro atoms. The highest BCUT2D eigenvalue weighted by Gasteiger charge is 2.17. The fourth-order valence-corrected chi connectivity index (χ4v) is 1.17. The lowest BCUT2D eigenvalue weighted by atomic mass is 10.2. The molecule has 1 N–H and O–H groups in total. The third-order valence-corrected chi connectivity index (χ3v) is 1.78. The Labute approximate surface area is 76.9 Å². The van der Waals surface area contributed by atoms with Crippen LogP contribution >= 0.6 is 0 Å². The van der Waals surface area contributed by atoms with Crippen molar-refractivity contribution in [3.63, 3.8) is 0 Å². The Bertz CT molecular complexity index is 235. The zero-order valence-electron chi connectivity index (χ0n) is 7.58. The highest BCUT2D eigenvalue weighted by Crippen LogP contribution is 2.07. The van der Waals surface area contributed by atoms with E-state index >= 15 is 0 Å². The van der Waals surface area contributed by atoms with E-state index in [1.54, 1.807) is 13.0 Å². The summed E-state index contributed by atoms with van der Waals surface area (Å²) in [5.41, 5.74) is 0. The van der Waals surface area contributed by atoms with Gasteiger partial charge in [-0.3, -0.25) is 4.79 Å². The lowest BCUT2D eigenvalue weighted by molar-refractivity contribution is -0.137. The molecule has 72 valence electrons. The maximum atomic E-state index is 10.9. The van der Waals surface area contributed by atoms with Crippen molar-refractivity contribution in [3.8, 4) is 0 Å². The molecule has 1 aliphatic rings. The van der Waals surface area contributed by atoms with Gasteiger partial charge in [0.2, 0.25) is 5.91 Å². The summed E-state index contributed by atoms with van der Waals surface area (Å²) in [6.45, 7) is 2.13. The molecule has 0 aromatic carbocycles. The van der Waals surface area contributed by atoms with E-state index in [2.05, 4.69) is 5.32 Å². The van der Waals surface area contributed by atoms with Crippen molar-refractivity contribution >= 4 is 11.9 Å². The Balaban J connectivity index is 2.31. The number of hydrogen-bond donors (Lipinski definition) is 1. The maximum absolute atomic E-state index is 10.9. The van der Waals surface area contributed by atoms with E-state index < -0.39 is 0 Å². The molecule has 1 saturated heterocycles. The van der Waals surface area contributed by atoms with E-state index in [0.717, 1.165) is 6.42 Å². The number of amides is 1. The first-order valence-corrected chi connectivity index (χ1v) is 4.36. The predicted molar refractivity (Wildman–Crippen MR) is 46.9 cm³/mol. The third kappa shape index (κ3) is 3.27. The average Bonchev–Trinajstić information content (AvgIpc) is 2.49. The summed E-state index contributed by atoms with van der Waals surface area (Å²) in [5.74, 6) is -0.317. The van der Waals surface area contributed by atoms with Gasteiger partial charge >= 0.3 is 5.97 Å². The van der Waals surface area contributed by atoms with E-state index in [4.69, 9.17) is 4.74 Å². The molecule has 1 heterocycles. The minimum atomic E-state index is -0.358. The number of esters is 1. The van der Waals surface area contributed by atoms with Gasteiger partial charge in [-0.15, -0.1) is 0 Å². The van der Waals surface area contributed by atoms with Crippen molar-refractivity contribution in [2.45, 2.75) is 25.8 Å². The Morgan fingerprint density at radius 3 is 3.08 bits per heavy atom. The summed E-state index contributed by atoms with van der Waals surface area (Å²) in [5, 5.41) is 2.72. The smallest absolute Gasteiger partial charge is 0.330 e. The van der Waals surface area contributed by atoms with Gasteiger partial charge in [0, 0.05) is 18.5 Å². The molecule has 0 saturated carbocycles. The van der Waals surface area contributed by atoms with Crippen LogP contribution in [0.2, 0.25) is 0 Å². The molecular weight excluding hydrogens is 170 g/mol. The SMILES string of the molecule is CCOC(=O)/C=C/[C@@H]1CCC(=O)N1. The van der Waals surface area contributed by atoms with Crippen LogP contribution in [-0.2, 0) is 14.3 Å². The third-order valence-electron chi connectivity index (χ3n) is 1.78. The second kappa shape index (κ2) is 4.64. The average molecular weight is 183 g/mol. The number of hydrogen-bond acceptors (Lipinski definition) is 3. The maximum Gasteiger partial charge on any atom is 0.330 e. The number of carbonyl (C=O) groups excluding carboxylic acids is 2. The lowest BCUT2D eigenvalue weighted by Gasteiger charge is -2.01. The van der Waals surface area contributed by atoms with Crippen LogP contribution in [0.4, 0.5) is 0 Å². The second-order valence-corrected chi connectivity index (χ2v) is 2.82. The minimum absolute atomic E-state index is 0.00286. The predicted octanol–water partition coefficient (Wildman–Crippen LogP) is 0.384. The molecule has 13 heavy (non-hydrogen) atoms. The molecule has 4 heteroatoms. The molecule has 0 radical (unpaired) electrons. The van der Waals surface area contributed by atoms with Crippen LogP contribution in [-0.4, -0.2) is 24.5 Å². The summed E-state index contributed by atoms with van der Waals surface area (Å²) < 4.78 is 4.69. The van der Waals surface area contributed by atoms with Crippen LogP contribution in [0.5, 0.6) is 0 Å². The standard InChI is InChI=1S/C9H13NO3/c1-2-13-9(12)6-4-7-3-5-8(11)10-7/h4,6-7H,2-3,5H2,1H3,(H,10,11)/b6-4+/t7-/m0/s1. The summed E-state index contributed by atoms with van der Waals surface area (Å²) in [6.07, 6.45) is 4.33. The van der Waals surface area contributed by atoms with Gasteiger partial charge in [-0.05, 0) is 13.3 Å². The lowest BCUT2D eigenvalue weighted by Crippen LogP contribution is -2.23. The first kappa shape index (κ1) is 9.77. The van der Waals surface area contributed by atoms with Crippen LogP contribution < -0.4 is 5.32 Å². The highest BCUT2D eigenvalue weighted by molar-refractivity contribution is 5.83. The van der Waals surface area contributed by atoms with E-state index in [1.807, 2.05) is 0 Å². The molecule has 1 amide bonds. The van der Waals surface area contributed by atoms with Crippen LogP contribution in [0, 0.1) is 0 Å². The van der Waals surface area contributed by atoms with Crippen LogP contribution in [0.25, 0.3) is 0 Å². The Kier molecular flexibility index (Phi) is 3.49. The molecule has 1 fully saturated rings. The minimum Gasteiger partial charge on any atom is -0.463 e. The van der Waals surface area contributed by atoms with Crippen molar-refractivity contribution in [3.05, 3.63) is 12.2 Å². The molecule has 4 nitrogen and oxygen atoms in total. The van der Waals surface area contributed by atoms with E-state index in [-0.39, 0.29) is 17.9 Å². The van der Waals surface area contributed by atoms with Gasteiger partial charge in [0.15, 0.2) is 0 Å². The molecule has 0 aromatic rings. The molecular formula is C9H13NO3. The van der Waals surface area contributed by atoms with Crippen LogP contribution in [0.3, 0.4) is 0 Å². The molecule has 0 aromatic heterocycles. The van der Waals surface area contributed by atoms with Crippen molar-refractivity contribution in [1.82, 2.24) is 5.32 Å². The Hall–Kier alpha value is -1.32. The van der Waals surface area contributed by atoms with Crippen LogP contribution in [0.15, 0.2) is 12.2 Å². The van der Waals surface area contributed by atoms with Gasteiger partial charge in [0.1, 0.15) is 0 Å². The normalized spacial score (nSPS) is 21.9. The molecule has 0 unspecified atom stereocenters. The Morgan fingerprint density at radius 1 is 1.77 bits per heavy atom. The fourth-order valence-electron chi connectivity index (χ4n) is 1.17. The van der Waals surface area contributed by atoms with Crippen molar-refractivity contribution in [2.24, 2.45) is 0 Å². The van der Waals surface area contributed by atoms with Gasteiger partial charge in [-0.25, -0.2) is 4.79 Å². The number of ether oxygens (including phenoxy) is 1. The van der Waals surface area contributed by atoms with Gasteiger partial charge in [-0.2, -0.15) is 0 Å². The van der Waals surface area contributed by atoms with Crippen molar-refractivity contribution in [1.29, 1.82) is 0 Å². The summed E-state index contributed by atoms with van der Waals surface area (Å²) in [6, 6.07) is -0.00286. The van der Waals surface area contributed by atoms with E-state index in [1.165, 1.54) is 6.08 Å². The number of rotatable bonds is 3. The molecule has 0 aliphatic carbocycles. The van der Waals surface area contributed by atoms with Gasteiger partial charge in [0.05, 0.1) is 6.61 Å². The quantitative estimate of drug-likeness (QED) is 0.508. The molecule has 0 bridgehead atoms. The zero-order chi connectivity index (χ0) is 9.68. The highest BCUT2D eigenvalue weighted by atomic mass is 16.5. The second-order valence-electron chi connectivity index (χ2n) is 2.82. The largest absolute Gasteiger partial charge is 0.463 e. The van der Waals surface area contributed by atoms with Gasteiger partial charge in [-0.1, -0.05) is 6.08 Å². The summed E-state index contributed by atoms with van der Waals surface area (Å²) >= 11 is 0. The number of nitrogens with one attached hydrogen (secondary N) is 1. The van der Waals surface area contributed by atoms with E-state index in [9.17, 15) is 9.59 Å². The van der Waals surface area contributed by atoms with Gasteiger partial charge in [0.25, 0.3) is 0 Å². The van der Waals surface area contributed by atoms with Crippen LogP contribution in [0.1, 0.15) is 19.8 Å². The summed E-state index contributed by atoms with van der Waals surface area (Å²) in [4.78, 5) is 21.6. The van der Waals surface area contributed by atoms with Crippen molar-refractivity contribution in [2.75, 3.05) is 6.61 Å². The fraction of sp³-hybridized carbons (Fsp3) is 0.556. The van der Waals surface area contributed by atoms with Gasteiger partial charge < -0.3 is 10.1 Å².